The molecule has 0 unspecified atom stereocenters. The van der Waals surface area contributed by atoms with E-state index in [0.29, 0.717) is 44.1 Å². The van der Waals surface area contributed by atoms with Crippen molar-refractivity contribution < 1.29 is 4.79 Å². The standard InChI is InChI=1S/C33H33ClN8O/c1-20(2)42-19-29(39-40-42)31(23-12-9-13-24(14-23)33(43)41(4)5)38-26-15-27-30(37-21(3)22-10-7-6-8-11-22)25(17-35)18-36-32(27)28(34)16-26/h6-16,18-21,31,38H,1-5H3,(H,36,37)/t21-,31+/m1/s1. The summed E-state index contributed by atoms with van der Waals surface area (Å²) in [5.41, 5.74) is 5.49. The fraction of sp³-hybridized carbons (Fsp3) is 0.242. The van der Waals surface area contributed by atoms with Gasteiger partial charge in [0, 0.05) is 49.0 Å². The molecule has 5 rings (SSSR count). The number of hydrogen-bond acceptors (Lipinski definition) is 7. The van der Waals surface area contributed by atoms with E-state index in [1.807, 2.05) is 87.6 Å². The number of hydrogen-bond donors (Lipinski definition) is 2. The zero-order chi connectivity index (χ0) is 30.7. The fourth-order valence-electron chi connectivity index (χ4n) is 4.90. The number of halogens is 1. The maximum Gasteiger partial charge on any atom is 0.253 e. The molecule has 0 saturated carbocycles. The van der Waals surface area contributed by atoms with Crippen LogP contribution in [-0.4, -0.2) is 44.9 Å². The number of nitrogens with zero attached hydrogens (tertiary/aromatic N) is 6. The van der Waals surface area contributed by atoms with Gasteiger partial charge in [-0.05, 0) is 56.2 Å². The van der Waals surface area contributed by atoms with E-state index in [-0.39, 0.29) is 18.0 Å². The van der Waals surface area contributed by atoms with E-state index in [4.69, 9.17) is 11.6 Å². The van der Waals surface area contributed by atoms with Gasteiger partial charge < -0.3 is 15.5 Å². The Morgan fingerprint density at radius 3 is 2.42 bits per heavy atom. The summed E-state index contributed by atoms with van der Waals surface area (Å²) in [5.74, 6) is -0.0986. The maximum absolute atomic E-state index is 12.8. The summed E-state index contributed by atoms with van der Waals surface area (Å²) in [7, 11) is 3.45. The summed E-state index contributed by atoms with van der Waals surface area (Å²) in [6, 6.07) is 23.1. The minimum absolute atomic E-state index is 0.0786. The highest BCUT2D eigenvalue weighted by Crippen LogP contribution is 2.37. The largest absolute Gasteiger partial charge is 0.377 e. The van der Waals surface area contributed by atoms with Crippen molar-refractivity contribution in [2.75, 3.05) is 24.7 Å². The number of amides is 1. The fourth-order valence-corrected chi connectivity index (χ4v) is 5.17. The van der Waals surface area contributed by atoms with Crippen molar-refractivity contribution in [1.29, 1.82) is 5.26 Å². The molecule has 1 amide bonds. The first-order valence-electron chi connectivity index (χ1n) is 14.0. The molecule has 2 heterocycles. The third-order valence-electron chi connectivity index (χ3n) is 7.24. The summed E-state index contributed by atoms with van der Waals surface area (Å²) < 4.78 is 1.79. The van der Waals surface area contributed by atoms with E-state index in [9.17, 15) is 10.1 Å². The smallest absolute Gasteiger partial charge is 0.253 e. The van der Waals surface area contributed by atoms with Crippen LogP contribution in [0.1, 0.15) is 71.6 Å². The predicted octanol–water partition coefficient (Wildman–Crippen LogP) is 7.01. The van der Waals surface area contributed by atoms with Crippen molar-refractivity contribution in [1.82, 2.24) is 24.9 Å². The van der Waals surface area contributed by atoms with Crippen molar-refractivity contribution in [2.45, 2.75) is 38.9 Å². The summed E-state index contributed by atoms with van der Waals surface area (Å²) in [5, 5.41) is 27.0. The first-order chi connectivity index (χ1) is 20.7. The number of carbonyl (C=O) groups excluding carboxylic acids is 1. The molecular weight excluding hydrogens is 560 g/mol. The highest BCUT2D eigenvalue weighted by Gasteiger charge is 2.22. The number of aromatic nitrogens is 4. The van der Waals surface area contributed by atoms with E-state index >= 15 is 0 Å². The molecule has 0 bridgehead atoms. The second-order valence-corrected chi connectivity index (χ2v) is 11.3. The number of carbonyl (C=O) groups is 1. The summed E-state index contributed by atoms with van der Waals surface area (Å²) in [6.45, 7) is 6.11. The molecule has 218 valence electrons. The predicted molar refractivity (Wildman–Crippen MR) is 170 cm³/mol. The Balaban J connectivity index is 1.61. The molecule has 2 atom stereocenters. The van der Waals surface area contributed by atoms with Gasteiger partial charge in [-0.3, -0.25) is 9.78 Å². The van der Waals surface area contributed by atoms with Crippen LogP contribution in [0.4, 0.5) is 11.4 Å². The molecule has 5 aromatic rings. The zero-order valence-corrected chi connectivity index (χ0v) is 25.5. The third-order valence-corrected chi connectivity index (χ3v) is 7.53. The molecule has 0 fully saturated rings. The second-order valence-electron chi connectivity index (χ2n) is 10.9. The first-order valence-corrected chi connectivity index (χ1v) is 14.4. The first kappa shape index (κ1) is 29.5. The van der Waals surface area contributed by atoms with Crippen LogP contribution in [-0.2, 0) is 0 Å². The van der Waals surface area contributed by atoms with Crippen LogP contribution in [0.15, 0.2) is 79.1 Å². The Bertz CT molecular complexity index is 1810. The Labute approximate surface area is 256 Å². The number of nitrogens with one attached hydrogen (secondary N) is 2. The topological polar surface area (TPSA) is 112 Å². The monoisotopic (exact) mass is 592 g/mol. The Morgan fingerprint density at radius 1 is 1.00 bits per heavy atom. The zero-order valence-electron chi connectivity index (χ0n) is 24.7. The van der Waals surface area contributed by atoms with Crippen LogP contribution in [0.3, 0.4) is 0 Å². The third kappa shape index (κ3) is 6.30. The second kappa shape index (κ2) is 12.5. The molecule has 0 aliphatic heterocycles. The van der Waals surface area contributed by atoms with Gasteiger partial charge in [0.25, 0.3) is 5.91 Å². The molecule has 0 spiro atoms. The van der Waals surface area contributed by atoms with Crippen LogP contribution >= 0.6 is 11.6 Å². The molecular formula is C33H33ClN8O. The van der Waals surface area contributed by atoms with Crippen LogP contribution < -0.4 is 10.6 Å². The van der Waals surface area contributed by atoms with E-state index in [0.717, 1.165) is 11.1 Å². The van der Waals surface area contributed by atoms with E-state index < -0.39 is 6.04 Å². The minimum atomic E-state index is -0.456. The highest BCUT2D eigenvalue weighted by molar-refractivity contribution is 6.35. The van der Waals surface area contributed by atoms with Crippen molar-refractivity contribution in [3.63, 3.8) is 0 Å². The van der Waals surface area contributed by atoms with Gasteiger partial charge in [0.05, 0.1) is 34.0 Å². The van der Waals surface area contributed by atoms with Gasteiger partial charge in [-0.1, -0.05) is 59.3 Å². The molecule has 0 saturated heterocycles. The summed E-state index contributed by atoms with van der Waals surface area (Å²) >= 11 is 6.81. The van der Waals surface area contributed by atoms with Gasteiger partial charge in [0.1, 0.15) is 11.8 Å². The number of benzene rings is 3. The summed E-state index contributed by atoms with van der Waals surface area (Å²) in [4.78, 5) is 18.9. The highest BCUT2D eigenvalue weighted by atomic mass is 35.5. The van der Waals surface area contributed by atoms with Gasteiger partial charge in [0.15, 0.2) is 0 Å². The van der Waals surface area contributed by atoms with Crippen molar-refractivity contribution >= 4 is 39.8 Å². The van der Waals surface area contributed by atoms with Crippen LogP contribution in [0.5, 0.6) is 0 Å². The SMILES string of the molecule is CC(C)n1cc([C@@H](Nc2cc(Cl)c3ncc(C#N)c(N[C@H](C)c4ccccc4)c3c2)c2cccc(C(=O)N(C)C)c2)nn1. The Morgan fingerprint density at radius 2 is 1.74 bits per heavy atom. The normalized spacial score (nSPS) is 12.5. The van der Waals surface area contributed by atoms with Crippen LogP contribution in [0.2, 0.25) is 5.02 Å². The van der Waals surface area contributed by atoms with Gasteiger partial charge in [-0.25, -0.2) is 4.68 Å². The number of nitriles is 1. The van der Waals surface area contributed by atoms with Gasteiger partial charge in [-0.2, -0.15) is 5.26 Å². The minimum Gasteiger partial charge on any atom is -0.377 e. The lowest BCUT2D eigenvalue weighted by atomic mass is 10.00. The molecule has 9 nitrogen and oxygen atoms in total. The molecule has 10 heteroatoms. The average Bonchev–Trinajstić information content (AvgIpc) is 3.51. The molecule has 43 heavy (non-hydrogen) atoms. The van der Waals surface area contributed by atoms with Gasteiger partial charge >= 0.3 is 0 Å². The van der Waals surface area contributed by atoms with Gasteiger partial charge in [0.2, 0.25) is 0 Å². The van der Waals surface area contributed by atoms with Crippen molar-refractivity contribution in [2.24, 2.45) is 0 Å². The van der Waals surface area contributed by atoms with Crippen molar-refractivity contribution in [3.8, 4) is 6.07 Å². The molecule has 0 aliphatic carbocycles. The van der Waals surface area contributed by atoms with Crippen LogP contribution in [0, 0.1) is 11.3 Å². The average molecular weight is 593 g/mol. The lowest BCUT2D eigenvalue weighted by Gasteiger charge is -2.22. The summed E-state index contributed by atoms with van der Waals surface area (Å²) in [6.07, 6.45) is 3.44. The molecule has 3 aromatic carbocycles. The Kier molecular flexibility index (Phi) is 8.60. The van der Waals surface area contributed by atoms with E-state index in [1.165, 1.54) is 0 Å². The lowest BCUT2D eigenvalue weighted by molar-refractivity contribution is 0.0827. The van der Waals surface area contributed by atoms with E-state index in [1.54, 1.807) is 35.9 Å². The lowest BCUT2D eigenvalue weighted by Crippen LogP contribution is -2.22. The van der Waals surface area contributed by atoms with Gasteiger partial charge in [-0.15, -0.1) is 5.10 Å². The molecule has 0 aliphatic rings. The maximum atomic E-state index is 12.8. The van der Waals surface area contributed by atoms with Crippen LogP contribution in [0.25, 0.3) is 10.9 Å². The number of pyridine rings is 1. The number of rotatable bonds is 9. The van der Waals surface area contributed by atoms with E-state index in [2.05, 4.69) is 32.0 Å². The Hall–Kier alpha value is -4.94. The van der Waals surface area contributed by atoms with Crippen molar-refractivity contribution in [3.05, 3.63) is 112 Å². The number of fused-ring (bicyclic) bond motifs is 1. The quantitative estimate of drug-likeness (QED) is 0.189. The molecule has 2 aromatic heterocycles. The molecule has 2 N–H and O–H groups in total. The molecule has 0 radical (unpaired) electrons. The number of anilines is 2.